The lowest BCUT2D eigenvalue weighted by Crippen LogP contribution is -2.56. The maximum absolute atomic E-state index is 2.45. The second kappa shape index (κ2) is 6.62. The van der Waals surface area contributed by atoms with Crippen LogP contribution in [0, 0.1) is 35.5 Å². The topological polar surface area (TPSA) is 0 Å². The van der Waals surface area contributed by atoms with Crippen LogP contribution in [-0.4, -0.2) is 16.5 Å². The van der Waals surface area contributed by atoms with E-state index in [4.69, 9.17) is 0 Å². The van der Waals surface area contributed by atoms with Crippen LogP contribution in [-0.2, 0) is 0 Å². The molecule has 0 spiro atoms. The van der Waals surface area contributed by atoms with E-state index in [9.17, 15) is 0 Å². The molecule has 2 heteroatoms. The predicted octanol–water partition coefficient (Wildman–Crippen LogP) is 7.63. The Labute approximate surface area is 169 Å². The van der Waals surface area contributed by atoms with Crippen molar-refractivity contribution in [2.45, 2.75) is 107 Å². The van der Waals surface area contributed by atoms with Gasteiger partial charge in [-0.2, -0.15) is 0 Å². The molecule has 8 aliphatic rings. The fourth-order valence-electron chi connectivity index (χ4n) is 10.1. The van der Waals surface area contributed by atoms with Crippen LogP contribution in [0.3, 0.4) is 0 Å². The Bertz CT molecular complexity index is 426. The smallest absolute Gasteiger partial charge is 0.00815 e. The molecule has 0 aromatic heterocycles. The molecule has 0 aromatic carbocycles. The standard InChI is InChI=1S/C24H39P.ClH/c1-2-3-4-25(23-11-17-5-18(12-23)7-19(6-17)13-23)24-14-20-8-21(15-24)10-22(9-20)16-24;/h17-22H,2-16H2,1H3;1H. The summed E-state index contributed by atoms with van der Waals surface area (Å²) in [6, 6.07) is 0. The molecule has 0 heterocycles. The molecule has 8 fully saturated rings. The van der Waals surface area contributed by atoms with Gasteiger partial charge in [-0.3, -0.25) is 0 Å². The Balaban J connectivity index is 0.00000150. The van der Waals surface area contributed by atoms with Crippen molar-refractivity contribution in [2.24, 2.45) is 35.5 Å². The summed E-state index contributed by atoms with van der Waals surface area (Å²) in [4.78, 5) is 0. The molecular weight excluding hydrogens is 355 g/mol. The molecule has 8 rings (SSSR count). The Morgan fingerprint density at radius 1 is 0.615 bits per heavy atom. The molecule has 26 heavy (non-hydrogen) atoms. The summed E-state index contributed by atoms with van der Waals surface area (Å²) < 4.78 is 0. The van der Waals surface area contributed by atoms with Crippen LogP contribution in [0.25, 0.3) is 0 Å². The second-order valence-corrected chi connectivity index (χ2v) is 15.0. The van der Waals surface area contributed by atoms with Crippen molar-refractivity contribution in [2.75, 3.05) is 6.16 Å². The van der Waals surface area contributed by atoms with E-state index >= 15 is 0 Å². The molecule has 0 atom stereocenters. The van der Waals surface area contributed by atoms with Crippen LogP contribution < -0.4 is 0 Å². The molecule has 148 valence electrons. The Kier molecular flexibility index (Phi) is 4.77. The number of rotatable bonds is 5. The zero-order chi connectivity index (χ0) is 16.6. The van der Waals surface area contributed by atoms with E-state index < -0.39 is 0 Å². The zero-order valence-corrected chi connectivity index (χ0v) is 18.6. The van der Waals surface area contributed by atoms with Crippen LogP contribution >= 0.6 is 20.3 Å². The summed E-state index contributed by atoms with van der Waals surface area (Å²) >= 11 is 0. The van der Waals surface area contributed by atoms with Crippen molar-refractivity contribution in [1.82, 2.24) is 0 Å². The van der Waals surface area contributed by atoms with E-state index in [1.165, 1.54) is 6.42 Å². The molecule has 0 radical (unpaired) electrons. The third kappa shape index (κ3) is 2.78. The first-order chi connectivity index (χ1) is 12.2. The normalized spacial score (nSPS) is 54.3. The van der Waals surface area contributed by atoms with Crippen LogP contribution in [0.5, 0.6) is 0 Å². The van der Waals surface area contributed by atoms with Crippen LogP contribution in [0.1, 0.15) is 96.8 Å². The summed E-state index contributed by atoms with van der Waals surface area (Å²) in [6.45, 7) is 2.45. The first-order valence-electron chi connectivity index (χ1n) is 11.9. The summed E-state index contributed by atoms with van der Waals surface area (Å²) in [6.07, 6.45) is 24.6. The maximum Gasteiger partial charge on any atom is -0.00815 e. The molecule has 8 bridgehead atoms. The zero-order valence-electron chi connectivity index (χ0n) is 16.9. The minimum Gasteiger partial charge on any atom is -0.147 e. The van der Waals surface area contributed by atoms with Gasteiger partial charge in [0.1, 0.15) is 0 Å². The molecule has 8 saturated carbocycles. The molecule has 0 aromatic rings. The van der Waals surface area contributed by atoms with Crippen molar-refractivity contribution in [3.63, 3.8) is 0 Å². The Hall–Kier alpha value is 0.720. The number of halogens is 1. The summed E-state index contributed by atoms with van der Waals surface area (Å²) in [5.41, 5.74) is 0. The highest BCUT2D eigenvalue weighted by atomic mass is 35.5. The number of unbranched alkanes of at least 4 members (excludes halogenated alkanes) is 1. The van der Waals surface area contributed by atoms with Crippen LogP contribution in [0.15, 0.2) is 0 Å². The second-order valence-electron chi connectivity index (χ2n) is 11.8. The quantitative estimate of drug-likeness (QED) is 0.420. The van der Waals surface area contributed by atoms with Gasteiger partial charge in [0.15, 0.2) is 0 Å². The molecule has 0 unspecified atom stereocenters. The maximum atomic E-state index is 2.45. The lowest BCUT2D eigenvalue weighted by atomic mass is 9.55. The Morgan fingerprint density at radius 2 is 0.923 bits per heavy atom. The summed E-state index contributed by atoms with van der Waals surface area (Å²) in [5, 5.41) is 1.76. The SMILES string of the molecule is CCCCP(C12CC3CC(CC(C3)C1)C2)C12CC3CC(CC(C3)C1)C2.Cl. The molecular formula is C24H40ClP. The van der Waals surface area contributed by atoms with Gasteiger partial charge in [-0.1, -0.05) is 21.3 Å². The van der Waals surface area contributed by atoms with Crippen LogP contribution in [0.4, 0.5) is 0 Å². The van der Waals surface area contributed by atoms with E-state index in [-0.39, 0.29) is 20.3 Å². The van der Waals surface area contributed by atoms with E-state index in [0.29, 0.717) is 0 Å². The van der Waals surface area contributed by atoms with E-state index in [1.54, 1.807) is 89.6 Å². The third-order valence-electron chi connectivity index (χ3n) is 9.89. The summed E-state index contributed by atoms with van der Waals surface area (Å²) in [7, 11) is 0.285. The lowest BCUT2D eigenvalue weighted by molar-refractivity contribution is 0.0185. The van der Waals surface area contributed by atoms with Crippen LogP contribution in [0.2, 0.25) is 0 Å². The minimum atomic E-state index is 0. The highest BCUT2D eigenvalue weighted by Crippen LogP contribution is 2.78. The van der Waals surface area contributed by atoms with Crippen molar-refractivity contribution < 1.29 is 0 Å². The Morgan fingerprint density at radius 3 is 1.19 bits per heavy atom. The monoisotopic (exact) mass is 394 g/mol. The third-order valence-corrected chi connectivity index (χ3v) is 14.0. The van der Waals surface area contributed by atoms with Crippen molar-refractivity contribution in [3.05, 3.63) is 0 Å². The minimum absolute atomic E-state index is 0. The van der Waals surface area contributed by atoms with Gasteiger partial charge in [0.25, 0.3) is 0 Å². The fourth-order valence-corrected chi connectivity index (χ4v) is 15.5. The number of hydrogen-bond acceptors (Lipinski definition) is 0. The molecule has 0 nitrogen and oxygen atoms in total. The van der Waals surface area contributed by atoms with Gasteiger partial charge in [0.2, 0.25) is 0 Å². The first-order valence-corrected chi connectivity index (χ1v) is 13.5. The molecule has 8 aliphatic carbocycles. The lowest BCUT2D eigenvalue weighted by Gasteiger charge is -2.67. The van der Waals surface area contributed by atoms with Gasteiger partial charge in [0.05, 0.1) is 0 Å². The van der Waals surface area contributed by atoms with E-state index in [0.717, 1.165) is 45.8 Å². The van der Waals surface area contributed by atoms with Gasteiger partial charge in [-0.25, -0.2) is 0 Å². The van der Waals surface area contributed by atoms with Crippen molar-refractivity contribution in [3.8, 4) is 0 Å². The van der Waals surface area contributed by atoms with E-state index in [2.05, 4.69) is 6.92 Å². The van der Waals surface area contributed by atoms with Gasteiger partial charge in [-0.15, -0.1) is 12.4 Å². The van der Waals surface area contributed by atoms with Gasteiger partial charge < -0.3 is 0 Å². The van der Waals surface area contributed by atoms with Crippen molar-refractivity contribution >= 4 is 20.3 Å². The highest BCUT2D eigenvalue weighted by molar-refractivity contribution is 7.61. The van der Waals surface area contributed by atoms with Gasteiger partial charge >= 0.3 is 0 Å². The predicted molar refractivity (Wildman–Crippen MR) is 116 cm³/mol. The first kappa shape index (κ1) is 18.7. The molecule has 0 N–H and O–H groups in total. The molecule has 0 saturated heterocycles. The fraction of sp³-hybridized carbons (Fsp3) is 1.00. The van der Waals surface area contributed by atoms with Gasteiger partial charge in [-0.05, 0) is 135 Å². The van der Waals surface area contributed by atoms with Crippen molar-refractivity contribution in [1.29, 1.82) is 0 Å². The van der Waals surface area contributed by atoms with E-state index in [1.807, 2.05) is 0 Å². The van der Waals surface area contributed by atoms with Gasteiger partial charge in [0, 0.05) is 0 Å². The summed E-state index contributed by atoms with van der Waals surface area (Å²) in [5.74, 6) is 6.95. The largest absolute Gasteiger partial charge is 0.147 e. The molecule has 0 amide bonds. The number of hydrogen-bond donors (Lipinski definition) is 0. The highest BCUT2D eigenvalue weighted by Gasteiger charge is 2.62. The average Bonchev–Trinajstić information content (AvgIpc) is 2.52. The average molecular weight is 395 g/mol. The molecule has 0 aliphatic heterocycles.